The van der Waals surface area contributed by atoms with Crippen molar-refractivity contribution in [2.75, 3.05) is 45.9 Å². The third kappa shape index (κ3) is 6.88. The molecule has 1 rings (SSSR count). The zero-order valence-corrected chi connectivity index (χ0v) is 10.1. The standard InChI is InChI=1S/C12H26N2O/c1-2-11-15-12-5-10-14-8-3-6-13-7-4-9-14/h13H,2-12H2,1H3. The molecule has 0 atom stereocenters. The van der Waals surface area contributed by atoms with Crippen LogP contribution >= 0.6 is 0 Å². The summed E-state index contributed by atoms with van der Waals surface area (Å²) < 4.78 is 5.49. The van der Waals surface area contributed by atoms with Gasteiger partial charge in [0.25, 0.3) is 0 Å². The molecule has 3 nitrogen and oxygen atoms in total. The molecule has 90 valence electrons. The summed E-state index contributed by atoms with van der Waals surface area (Å²) >= 11 is 0. The van der Waals surface area contributed by atoms with E-state index >= 15 is 0 Å². The van der Waals surface area contributed by atoms with Crippen molar-refractivity contribution in [3.63, 3.8) is 0 Å². The molecule has 0 bridgehead atoms. The maximum absolute atomic E-state index is 5.49. The van der Waals surface area contributed by atoms with Crippen molar-refractivity contribution < 1.29 is 4.74 Å². The molecular weight excluding hydrogens is 188 g/mol. The molecule has 15 heavy (non-hydrogen) atoms. The zero-order valence-electron chi connectivity index (χ0n) is 10.1. The fraction of sp³-hybridized carbons (Fsp3) is 1.00. The quantitative estimate of drug-likeness (QED) is 0.678. The molecule has 0 aromatic carbocycles. The Labute approximate surface area is 94.2 Å². The molecule has 0 unspecified atom stereocenters. The number of hydrogen-bond donors (Lipinski definition) is 1. The van der Waals surface area contributed by atoms with Crippen LogP contribution in [0.1, 0.15) is 32.6 Å². The first-order valence-electron chi connectivity index (χ1n) is 6.44. The van der Waals surface area contributed by atoms with Crippen molar-refractivity contribution in [1.82, 2.24) is 10.2 Å². The highest BCUT2D eigenvalue weighted by molar-refractivity contribution is 4.64. The van der Waals surface area contributed by atoms with Crippen molar-refractivity contribution in [2.24, 2.45) is 0 Å². The van der Waals surface area contributed by atoms with Gasteiger partial charge in [-0.25, -0.2) is 0 Å². The Morgan fingerprint density at radius 1 is 1.13 bits per heavy atom. The van der Waals surface area contributed by atoms with Gasteiger partial charge in [0.15, 0.2) is 0 Å². The van der Waals surface area contributed by atoms with Crippen molar-refractivity contribution in [2.45, 2.75) is 32.6 Å². The Balaban J connectivity index is 1.97. The predicted molar refractivity (Wildman–Crippen MR) is 64.3 cm³/mol. The highest BCUT2D eigenvalue weighted by atomic mass is 16.5. The largest absolute Gasteiger partial charge is 0.381 e. The van der Waals surface area contributed by atoms with E-state index in [-0.39, 0.29) is 0 Å². The number of rotatable bonds is 6. The first-order valence-corrected chi connectivity index (χ1v) is 6.44. The monoisotopic (exact) mass is 214 g/mol. The lowest BCUT2D eigenvalue weighted by molar-refractivity contribution is 0.120. The van der Waals surface area contributed by atoms with Gasteiger partial charge in [-0.1, -0.05) is 6.92 Å². The second kappa shape index (κ2) is 9.13. The van der Waals surface area contributed by atoms with Crippen LogP contribution in [0.4, 0.5) is 0 Å². The minimum absolute atomic E-state index is 0.921. The van der Waals surface area contributed by atoms with Gasteiger partial charge in [0.1, 0.15) is 0 Å². The van der Waals surface area contributed by atoms with Crippen LogP contribution in [0.25, 0.3) is 0 Å². The third-order valence-corrected chi connectivity index (χ3v) is 2.77. The molecular formula is C12H26N2O. The van der Waals surface area contributed by atoms with E-state index in [0.717, 1.165) is 19.6 Å². The molecule has 0 aromatic heterocycles. The van der Waals surface area contributed by atoms with E-state index in [2.05, 4.69) is 17.1 Å². The number of nitrogens with one attached hydrogen (secondary N) is 1. The summed E-state index contributed by atoms with van der Waals surface area (Å²) in [5.41, 5.74) is 0. The van der Waals surface area contributed by atoms with Gasteiger partial charge in [0.2, 0.25) is 0 Å². The first-order chi connectivity index (χ1) is 7.43. The van der Waals surface area contributed by atoms with Crippen LogP contribution in [-0.4, -0.2) is 50.8 Å². The lowest BCUT2D eigenvalue weighted by atomic mass is 10.2. The molecule has 0 spiro atoms. The molecule has 3 heteroatoms. The van der Waals surface area contributed by atoms with Crippen molar-refractivity contribution in [3.05, 3.63) is 0 Å². The lowest BCUT2D eigenvalue weighted by Crippen LogP contribution is -2.34. The first kappa shape index (κ1) is 12.9. The highest BCUT2D eigenvalue weighted by Gasteiger charge is 2.06. The fourth-order valence-electron chi connectivity index (χ4n) is 1.95. The van der Waals surface area contributed by atoms with Gasteiger partial charge in [-0.05, 0) is 51.9 Å². The van der Waals surface area contributed by atoms with Gasteiger partial charge < -0.3 is 15.0 Å². The summed E-state index contributed by atoms with van der Waals surface area (Å²) in [5, 5.41) is 3.44. The minimum Gasteiger partial charge on any atom is -0.381 e. The molecule has 0 aliphatic carbocycles. The van der Waals surface area contributed by atoms with Crippen molar-refractivity contribution in [3.8, 4) is 0 Å². The van der Waals surface area contributed by atoms with Crippen LogP contribution in [0.2, 0.25) is 0 Å². The van der Waals surface area contributed by atoms with Gasteiger partial charge in [0, 0.05) is 19.8 Å². The van der Waals surface area contributed by atoms with Gasteiger partial charge in [-0.2, -0.15) is 0 Å². The molecule has 1 aliphatic heterocycles. The maximum Gasteiger partial charge on any atom is 0.0478 e. The van der Waals surface area contributed by atoms with Crippen molar-refractivity contribution >= 4 is 0 Å². The molecule has 0 amide bonds. The number of ether oxygens (including phenoxy) is 1. The topological polar surface area (TPSA) is 24.5 Å². The highest BCUT2D eigenvalue weighted by Crippen LogP contribution is 1.99. The van der Waals surface area contributed by atoms with E-state index in [1.807, 2.05) is 0 Å². The Hall–Kier alpha value is -0.120. The second-order valence-electron chi connectivity index (χ2n) is 4.26. The summed E-state index contributed by atoms with van der Waals surface area (Å²) in [6.45, 7) is 10.1. The van der Waals surface area contributed by atoms with E-state index in [0.29, 0.717) is 0 Å². The SMILES string of the molecule is CCCOCCCN1CCCNCCC1. The van der Waals surface area contributed by atoms with E-state index in [9.17, 15) is 0 Å². The van der Waals surface area contributed by atoms with Crippen LogP contribution < -0.4 is 5.32 Å². The predicted octanol–water partition coefficient (Wildman–Crippen LogP) is 1.49. The van der Waals surface area contributed by atoms with Crippen LogP contribution in [0.15, 0.2) is 0 Å². The zero-order chi connectivity index (χ0) is 10.8. The molecule has 0 aromatic rings. The molecule has 0 saturated carbocycles. The second-order valence-corrected chi connectivity index (χ2v) is 4.26. The van der Waals surface area contributed by atoms with Gasteiger partial charge in [-0.3, -0.25) is 0 Å². The summed E-state index contributed by atoms with van der Waals surface area (Å²) in [7, 11) is 0. The number of nitrogens with zero attached hydrogens (tertiary/aromatic N) is 1. The summed E-state index contributed by atoms with van der Waals surface area (Å²) in [4.78, 5) is 2.58. The van der Waals surface area contributed by atoms with Crippen LogP contribution in [0, 0.1) is 0 Å². The van der Waals surface area contributed by atoms with Gasteiger partial charge >= 0.3 is 0 Å². The molecule has 1 N–H and O–H groups in total. The Morgan fingerprint density at radius 3 is 2.53 bits per heavy atom. The Bertz CT molecular complexity index is 134. The molecule has 1 aliphatic rings. The molecule has 0 radical (unpaired) electrons. The number of hydrogen-bond acceptors (Lipinski definition) is 3. The average Bonchev–Trinajstić information content (AvgIpc) is 2.20. The van der Waals surface area contributed by atoms with Crippen molar-refractivity contribution in [1.29, 1.82) is 0 Å². The maximum atomic E-state index is 5.49. The van der Waals surface area contributed by atoms with E-state index in [1.165, 1.54) is 52.0 Å². The summed E-state index contributed by atoms with van der Waals surface area (Å²) in [6, 6.07) is 0. The fourth-order valence-corrected chi connectivity index (χ4v) is 1.95. The Kier molecular flexibility index (Phi) is 7.88. The van der Waals surface area contributed by atoms with E-state index < -0.39 is 0 Å². The van der Waals surface area contributed by atoms with E-state index in [1.54, 1.807) is 0 Å². The lowest BCUT2D eigenvalue weighted by Gasteiger charge is -2.24. The third-order valence-electron chi connectivity index (χ3n) is 2.77. The smallest absolute Gasteiger partial charge is 0.0478 e. The minimum atomic E-state index is 0.921. The summed E-state index contributed by atoms with van der Waals surface area (Å²) in [6.07, 6.45) is 4.90. The van der Waals surface area contributed by atoms with Gasteiger partial charge in [-0.15, -0.1) is 0 Å². The normalized spacial score (nSPS) is 19.8. The summed E-state index contributed by atoms with van der Waals surface area (Å²) in [5.74, 6) is 0. The Morgan fingerprint density at radius 2 is 1.87 bits per heavy atom. The average molecular weight is 214 g/mol. The van der Waals surface area contributed by atoms with Crippen LogP contribution in [0.5, 0.6) is 0 Å². The molecule has 1 fully saturated rings. The molecule has 1 saturated heterocycles. The molecule has 1 heterocycles. The van der Waals surface area contributed by atoms with Gasteiger partial charge in [0.05, 0.1) is 0 Å². The van der Waals surface area contributed by atoms with E-state index in [4.69, 9.17) is 4.74 Å². The van der Waals surface area contributed by atoms with Crippen LogP contribution in [0.3, 0.4) is 0 Å². The van der Waals surface area contributed by atoms with Crippen LogP contribution in [-0.2, 0) is 4.74 Å².